The third kappa shape index (κ3) is 2.05. The Kier molecular flexibility index (Phi) is 3.18. The number of imidazole rings is 1. The van der Waals surface area contributed by atoms with Gasteiger partial charge in [0, 0.05) is 5.69 Å². The van der Waals surface area contributed by atoms with Gasteiger partial charge in [-0.05, 0) is 42.7 Å². The van der Waals surface area contributed by atoms with E-state index in [1.165, 1.54) is 5.56 Å². The number of anilines is 1. The first-order valence-corrected chi connectivity index (χ1v) is 7.03. The molecule has 3 aromatic rings. The van der Waals surface area contributed by atoms with Crippen LogP contribution in [0.15, 0.2) is 42.5 Å². The van der Waals surface area contributed by atoms with Gasteiger partial charge in [0.15, 0.2) is 0 Å². The lowest BCUT2D eigenvalue weighted by molar-refractivity contribution is 0.920. The minimum Gasteiger partial charge on any atom is -0.369 e. The molecular weight excluding hydrogens is 246 g/mol. The Morgan fingerprint density at radius 1 is 1.10 bits per heavy atom. The second-order valence-corrected chi connectivity index (χ2v) is 5.16. The molecule has 20 heavy (non-hydrogen) atoms. The molecule has 1 aromatic heterocycles. The van der Waals surface area contributed by atoms with Crippen molar-refractivity contribution in [1.29, 1.82) is 0 Å². The molecule has 3 nitrogen and oxygen atoms in total. The number of nitrogen functional groups attached to an aromatic ring is 1. The summed E-state index contributed by atoms with van der Waals surface area (Å²) in [5.41, 5.74) is 11.7. The van der Waals surface area contributed by atoms with Crippen LogP contribution in [0, 0.1) is 6.92 Å². The summed E-state index contributed by atoms with van der Waals surface area (Å²) in [4.78, 5) is 4.49. The Morgan fingerprint density at radius 3 is 2.55 bits per heavy atom. The van der Waals surface area contributed by atoms with Crippen LogP contribution in [0.2, 0.25) is 0 Å². The molecule has 0 fully saturated rings. The molecule has 1 heterocycles. The lowest BCUT2D eigenvalue weighted by Crippen LogP contribution is -2.00. The normalized spacial score (nSPS) is 11.1. The molecule has 2 N–H and O–H groups in total. The Labute approximate surface area is 119 Å². The van der Waals surface area contributed by atoms with E-state index in [9.17, 15) is 0 Å². The van der Waals surface area contributed by atoms with Gasteiger partial charge in [0.05, 0.1) is 11.0 Å². The predicted molar refractivity (Wildman–Crippen MR) is 84.2 cm³/mol. The lowest BCUT2D eigenvalue weighted by atomic mass is 10.1. The van der Waals surface area contributed by atoms with Crippen molar-refractivity contribution in [3.8, 4) is 5.69 Å². The van der Waals surface area contributed by atoms with Gasteiger partial charge in [-0.1, -0.05) is 37.6 Å². The van der Waals surface area contributed by atoms with Crippen molar-refractivity contribution in [1.82, 2.24) is 9.55 Å². The topological polar surface area (TPSA) is 43.8 Å². The first-order valence-electron chi connectivity index (χ1n) is 7.03. The summed E-state index contributed by atoms with van der Waals surface area (Å²) < 4.78 is 2.01. The van der Waals surface area contributed by atoms with Gasteiger partial charge in [0.25, 0.3) is 0 Å². The summed E-state index contributed by atoms with van der Waals surface area (Å²) in [5, 5.41) is 0. The molecule has 0 bridgehead atoms. The summed E-state index contributed by atoms with van der Waals surface area (Å²) in [6.45, 7) is 4.25. The van der Waals surface area contributed by atoms with E-state index < -0.39 is 0 Å². The predicted octanol–water partition coefficient (Wildman–Crippen LogP) is 3.87. The number of nitrogens with zero attached hydrogens (tertiary/aromatic N) is 2. The summed E-state index contributed by atoms with van der Waals surface area (Å²) in [6.07, 6.45) is 2.27. The molecule has 3 rings (SSSR count). The molecule has 102 valence electrons. The van der Waals surface area contributed by atoms with Crippen molar-refractivity contribution in [2.24, 2.45) is 0 Å². The van der Waals surface area contributed by atoms with Crippen LogP contribution in [-0.4, -0.2) is 9.55 Å². The monoisotopic (exact) mass is 265 g/mol. The third-order valence-electron chi connectivity index (χ3n) is 3.65. The zero-order valence-electron chi connectivity index (χ0n) is 11.9. The van der Waals surface area contributed by atoms with E-state index in [1.54, 1.807) is 0 Å². The van der Waals surface area contributed by atoms with Gasteiger partial charge in [-0.15, -0.1) is 0 Å². The smallest absolute Gasteiger partial charge is 0.205 e. The number of aryl methyl sites for hydroxylation is 2. The average molecular weight is 265 g/mol. The number of fused-ring (bicyclic) bond motifs is 1. The van der Waals surface area contributed by atoms with Crippen LogP contribution in [-0.2, 0) is 6.42 Å². The van der Waals surface area contributed by atoms with Crippen LogP contribution >= 0.6 is 0 Å². The third-order valence-corrected chi connectivity index (χ3v) is 3.65. The molecular formula is C17H19N3. The molecule has 0 unspecified atom stereocenters. The summed E-state index contributed by atoms with van der Waals surface area (Å²) in [5.74, 6) is 0.539. The van der Waals surface area contributed by atoms with Crippen LogP contribution in [0.1, 0.15) is 24.5 Å². The van der Waals surface area contributed by atoms with Gasteiger partial charge in [0.2, 0.25) is 5.95 Å². The van der Waals surface area contributed by atoms with E-state index in [4.69, 9.17) is 5.73 Å². The maximum atomic E-state index is 6.10. The van der Waals surface area contributed by atoms with E-state index in [2.05, 4.69) is 55.2 Å². The van der Waals surface area contributed by atoms with Gasteiger partial charge >= 0.3 is 0 Å². The second-order valence-electron chi connectivity index (χ2n) is 5.16. The van der Waals surface area contributed by atoms with Crippen molar-refractivity contribution in [3.63, 3.8) is 0 Å². The van der Waals surface area contributed by atoms with Crippen molar-refractivity contribution in [3.05, 3.63) is 53.6 Å². The lowest BCUT2D eigenvalue weighted by Gasteiger charge is -2.08. The quantitative estimate of drug-likeness (QED) is 0.781. The molecule has 0 atom stereocenters. The van der Waals surface area contributed by atoms with Crippen LogP contribution in [0.4, 0.5) is 5.95 Å². The van der Waals surface area contributed by atoms with E-state index in [-0.39, 0.29) is 0 Å². The van der Waals surface area contributed by atoms with Gasteiger partial charge in [0.1, 0.15) is 0 Å². The van der Waals surface area contributed by atoms with Gasteiger partial charge in [-0.3, -0.25) is 4.57 Å². The molecule has 0 saturated carbocycles. The van der Waals surface area contributed by atoms with Gasteiger partial charge in [-0.2, -0.15) is 0 Å². The Bertz CT molecular complexity index is 739. The fraction of sp³-hybridized carbons (Fsp3) is 0.235. The van der Waals surface area contributed by atoms with Gasteiger partial charge in [-0.25, -0.2) is 4.98 Å². The highest BCUT2D eigenvalue weighted by molar-refractivity contribution is 5.83. The first-order chi connectivity index (χ1) is 9.70. The van der Waals surface area contributed by atoms with Crippen LogP contribution in [0.25, 0.3) is 16.7 Å². The van der Waals surface area contributed by atoms with Gasteiger partial charge < -0.3 is 5.73 Å². The molecule has 0 saturated heterocycles. The highest BCUT2D eigenvalue weighted by Gasteiger charge is 2.11. The fourth-order valence-corrected chi connectivity index (χ4v) is 2.63. The SMILES string of the molecule is CCCc1ccc(-n2c(N)nc3c(C)cccc32)cc1. The molecule has 0 spiro atoms. The van der Waals surface area contributed by atoms with Crippen molar-refractivity contribution < 1.29 is 0 Å². The highest BCUT2D eigenvalue weighted by Crippen LogP contribution is 2.25. The zero-order valence-corrected chi connectivity index (χ0v) is 11.9. The van der Waals surface area contributed by atoms with Crippen molar-refractivity contribution >= 4 is 17.0 Å². The number of aromatic nitrogens is 2. The number of hydrogen-bond acceptors (Lipinski definition) is 2. The standard InChI is InChI=1S/C17H19N3/c1-3-5-13-8-10-14(11-9-13)20-15-7-4-6-12(2)16(15)19-17(20)18/h4,6-11H,3,5H2,1-2H3,(H2,18,19). The van der Waals surface area contributed by atoms with Crippen LogP contribution in [0.5, 0.6) is 0 Å². The number of hydrogen-bond donors (Lipinski definition) is 1. The first kappa shape index (κ1) is 12.7. The van der Waals surface area contributed by atoms with Crippen molar-refractivity contribution in [2.75, 3.05) is 5.73 Å². The maximum Gasteiger partial charge on any atom is 0.205 e. The Morgan fingerprint density at radius 2 is 1.85 bits per heavy atom. The fourth-order valence-electron chi connectivity index (χ4n) is 2.63. The molecule has 0 amide bonds. The number of benzene rings is 2. The number of rotatable bonds is 3. The molecule has 0 aliphatic carbocycles. The molecule has 0 radical (unpaired) electrons. The number of para-hydroxylation sites is 1. The summed E-state index contributed by atoms with van der Waals surface area (Å²) >= 11 is 0. The minimum atomic E-state index is 0.539. The van der Waals surface area contributed by atoms with E-state index in [1.807, 2.05) is 10.6 Å². The molecule has 0 aliphatic heterocycles. The Hall–Kier alpha value is -2.29. The number of nitrogens with two attached hydrogens (primary N) is 1. The van der Waals surface area contributed by atoms with Crippen molar-refractivity contribution in [2.45, 2.75) is 26.7 Å². The molecule has 0 aliphatic rings. The largest absolute Gasteiger partial charge is 0.369 e. The molecule has 3 heteroatoms. The second kappa shape index (κ2) is 5.00. The molecule has 2 aromatic carbocycles. The van der Waals surface area contributed by atoms with Crippen LogP contribution in [0.3, 0.4) is 0 Å². The maximum absolute atomic E-state index is 6.10. The average Bonchev–Trinajstić information content (AvgIpc) is 2.78. The van der Waals surface area contributed by atoms with Crippen LogP contribution < -0.4 is 5.73 Å². The zero-order chi connectivity index (χ0) is 14.1. The highest BCUT2D eigenvalue weighted by atomic mass is 15.2. The summed E-state index contributed by atoms with van der Waals surface area (Å²) in [7, 11) is 0. The summed E-state index contributed by atoms with van der Waals surface area (Å²) in [6, 6.07) is 14.7. The minimum absolute atomic E-state index is 0.539. The Balaban J connectivity index is 2.14. The van der Waals surface area contributed by atoms with E-state index >= 15 is 0 Å². The van der Waals surface area contributed by atoms with E-state index in [0.717, 1.165) is 35.1 Å². The van der Waals surface area contributed by atoms with E-state index in [0.29, 0.717) is 5.95 Å².